The molecule has 0 bridgehead atoms. The van der Waals surface area contributed by atoms with Gasteiger partial charge in [-0.3, -0.25) is 0 Å². The largest absolute Gasteiger partial charge is 0.398 e. The first-order valence-corrected chi connectivity index (χ1v) is 5.00. The summed E-state index contributed by atoms with van der Waals surface area (Å²) >= 11 is 0. The molecule has 1 rings (SSSR count). The van der Waals surface area contributed by atoms with Gasteiger partial charge in [-0.1, -0.05) is 6.07 Å². The Kier molecular flexibility index (Phi) is 4.23. The van der Waals surface area contributed by atoms with Crippen LogP contribution in [0.5, 0.6) is 0 Å². The van der Waals surface area contributed by atoms with E-state index in [1.165, 1.54) is 19.1 Å². The summed E-state index contributed by atoms with van der Waals surface area (Å²) in [5.74, 6) is -0.621. The fraction of sp³-hybridized carbons (Fsp3) is 0.455. The average Bonchev–Trinajstić information content (AvgIpc) is 2.26. The number of anilines is 1. The molecule has 2 unspecified atom stereocenters. The highest BCUT2D eigenvalue weighted by atomic mass is 19.1. The third-order valence-corrected chi connectivity index (χ3v) is 2.57. The van der Waals surface area contributed by atoms with Gasteiger partial charge in [-0.05, 0) is 19.4 Å². The zero-order valence-corrected chi connectivity index (χ0v) is 9.02. The molecule has 4 nitrogen and oxygen atoms in total. The summed E-state index contributed by atoms with van der Waals surface area (Å²) in [5, 5.41) is 27.7. The molecule has 0 fully saturated rings. The minimum Gasteiger partial charge on any atom is -0.398 e. The second-order valence-electron chi connectivity index (χ2n) is 3.71. The summed E-state index contributed by atoms with van der Waals surface area (Å²) in [7, 11) is 0. The van der Waals surface area contributed by atoms with Crippen molar-refractivity contribution in [1.82, 2.24) is 0 Å². The van der Waals surface area contributed by atoms with Crippen LogP contribution < -0.4 is 5.73 Å². The Balaban J connectivity index is 3.00. The van der Waals surface area contributed by atoms with Crippen molar-refractivity contribution in [1.29, 1.82) is 0 Å². The molecule has 1 aromatic rings. The second kappa shape index (κ2) is 5.25. The van der Waals surface area contributed by atoms with Gasteiger partial charge >= 0.3 is 0 Å². The minimum absolute atomic E-state index is 0.00681. The maximum atomic E-state index is 13.7. The van der Waals surface area contributed by atoms with Crippen molar-refractivity contribution in [3.05, 3.63) is 29.1 Å². The molecule has 1 aromatic carbocycles. The summed E-state index contributed by atoms with van der Waals surface area (Å²) in [5.41, 5.74) is 6.03. The maximum absolute atomic E-state index is 13.7. The highest BCUT2D eigenvalue weighted by Crippen LogP contribution is 2.26. The van der Waals surface area contributed by atoms with Crippen molar-refractivity contribution in [3.63, 3.8) is 0 Å². The molecule has 0 aromatic heterocycles. The normalized spacial score (nSPS) is 14.8. The summed E-state index contributed by atoms with van der Waals surface area (Å²) in [6.45, 7) is 1.23. The lowest BCUT2D eigenvalue weighted by molar-refractivity contribution is 0.00232. The van der Waals surface area contributed by atoms with Gasteiger partial charge in [0.05, 0.1) is 6.10 Å². The highest BCUT2D eigenvalue weighted by Gasteiger charge is 2.22. The molecule has 0 aliphatic carbocycles. The molecule has 5 heteroatoms. The van der Waals surface area contributed by atoms with E-state index in [0.717, 1.165) is 0 Å². The molecular formula is C11H16FNO3. The van der Waals surface area contributed by atoms with Crippen LogP contribution in [-0.4, -0.2) is 28.0 Å². The van der Waals surface area contributed by atoms with Crippen molar-refractivity contribution in [2.45, 2.75) is 25.6 Å². The van der Waals surface area contributed by atoms with E-state index in [2.05, 4.69) is 0 Å². The van der Waals surface area contributed by atoms with E-state index >= 15 is 0 Å². The lowest BCUT2D eigenvalue weighted by atomic mass is 9.99. The third kappa shape index (κ3) is 2.49. The van der Waals surface area contributed by atoms with Gasteiger partial charge in [0.25, 0.3) is 0 Å². The fourth-order valence-corrected chi connectivity index (χ4v) is 1.45. The second-order valence-corrected chi connectivity index (χ2v) is 3.71. The van der Waals surface area contributed by atoms with Crippen LogP contribution >= 0.6 is 0 Å². The highest BCUT2D eigenvalue weighted by molar-refractivity contribution is 5.49. The zero-order valence-electron chi connectivity index (χ0n) is 9.02. The number of nitrogens with two attached hydrogens (primary N) is 1. The van der Waals surface area contributed by atoms with Gasteiger partial charge in [-0.2, -0.15) is 0 Å². The Morgan fingerprint density at radius 2 is 2.00 bits per heavy atom. The monoisotopic (exact) mass is 229 g/mol. The van der Waals surface area contributed by atoms with E-state index in [1.807, 2.05) is 0 Å². The SMILES string of the molecule is Cc1c(N)ccc(C(O)C(O)CCO)c1F. The van der Waals surface area contributed by atoms with E-state index in [1.54, 1.807) is 0 Å². The summed E-state index contributed by atoms with van der Waals surface area (Å²) in [4.78, 5) is 0. The Morgan fingerprint density at radius 3 is 2.56 bits per heavy atom. The predicted molar refractivity (Wildman–Crippen MR) is 58.2 cm³/mol. The van der Waals surface area contributed by atoms with Gasteiger partial charge in [0.15, 0.2) is 0 Å². The molecule has 2 atom stereocenters. The van der Waals surface area contributed by atoms with Gasteiger partial charge in [0.1, 0.15) is 11.9 Å². The van der Waals surface area contributed by atoms with E-state index < -0.39 is 18.0 Å². The zero-order chi connectivity index (χ0) is 12.3. The van der Waals surface area contributed by atoms with E-state index in [4.69, 9.17) is 10.8 Å². The van der Waals surface area contributed by atoms with Crippen LogP contribution in [-0.2, 0) is 0 Å². The predicted octanol–water partition coefficient (Wildman–Crippen LogP) is 0.493. The minimum atomic E-state index is -1.36. The topological polar surface area (TPSA) is 86.7 Å². The van der Waals surface area contributed by atoms with Crippen molar-refractivity contribution in [3.8, 4) is 0 Å². The average molecular weight is 229 g/mol. The Morgan fingerprint density at radius 1 is 1.38 bits per heavy atom. The molecule has 0 saturated carbocycles. The Labute approximate surface area is 93.1 Å². The fourth-order valence-electron chi connectivity index (χ4n) is 1.45. The standard InChI is InChI=1S/C11H16FNO3/c1-6-8(13)3-2-7(10(6)12)11(16)9(15)4-5-14/h2-3,9,11,14-16H,4-5,13H2,1H3. The van der Waals surface area contributed by atoms with Crippen LogP contribution in [0.4, 0.5) is 10.1 Å². The number of rotatable bonds is 4. The van der Waals surface area contributed by atoms with Gasteiger partial charge in [-0.15, -0.1) is 0 Å². The molecule has 0 amide bonds. The van der Waals surface area contributed by atoms with E-state index in [0.29, 0.717) is 5.69 Å². The molecule has 0 radical (unpaired) electrons. The number of aliphatic hydroxyl groups is 3. The molecule has 5 N–H and O–H groups in total. The number of aliphatic hydroxyl groups excluding tert-OH is 3. The maximum Gasteiger partial charge on any atom is 0.134 e. The first-order chi connectivity index (χ1) is 7.49. The Hall–Kier alpha value is -1.17. The third-order valence-electron chi connectivity index (χ3n) is 2.57. The summed E-state index contributed by atoms with van der Waals surface area (Å²) < 4.78 is 13.7. The number of nitrogen functional groups attached to an aromatic ring is 1. The molecular weight excluding hydrogens is 213 g/mol. The summed E-state index contributed by atoms with van der Waals surface area (Å²) in [6, 6.07) is 2.81. The van der Waals surface area contributed by atoms with Crippen LogP contribution in [0.1, 0.15) is 23.7 Å². The molecule has 90 valence electrons. The van der Waals surface area contributed by atoms with Crippen molar-refractivity contribution >= 4 is 5.69 Å². The van der Waals surface area contributed by atoms with Gasteiger partial charge in [0, 0.05) is 23.4 Å². The Bertz CT molecular complexity index is 370. The van der Waals surface area contributed by atoms with Crippen LogP contribution in [0.3, 0.4) is 0 Å². The van der Waals surface area contributed by atoms with Crippen molar-refractivity contribution in [2.75, 3.05) is 12.3 Å². The van der Waals surface area contributed by atoms with Crippen LogP contribution in [0.2, 0.25) is 0 Å². The van der Waals surface area contributed by atoms with Crippen molar-refractivity contribution < 1.29 is 19.7 Å². The molecule has 0 heterocycles. The number of hydrogen-bond donors (Lipinski definition) is 4. The number of benzene rings is 1. The molecule has 0 aliphatic heterocycles. The van der Waals surface area contributed by atoms with Crippen LogP contribution in [0, 0.1) is 12.7 Å². The van der Waals surface area contributed by atoms with E-state index in [9.17, 15) is 14.6 Å². The quantitative estimate of drug-likeness (QED) is 0.566. The number of halogens is 1. The lowest BCUT2D eigenvalue weighted by Gasteiger charge is -2.19. The van der Waals surface area contributed by atoms with Gasteiger partial charge in [0.2, 0.25) is 0 Å². The molecule has 0 spiro atoms. The van der Waals surface area contributed by atoms with Gasteiger partial charge in [-0.25, -0.2) is 4.39 Å². The molecule has 16 heavy (non-hydrogen) atoms. The summed E-state index contributed by atoms with van der Waals surface area (Å²) in [6.07, 6.45) is -2.56. The van der Waals surface area contributed by atoms with Gasteiger partial charge < -0.3 is 21.1 Å². The first-order valence-electron chi connectivity index (χ1n) is 5.00. The number of hydrogen-bond acceptors (Lipinski definition) is 4. The smallest absolute Gasteiger partial charge is 0.134 e. The van der Waals surface area contributed by atoms with Crippen LogP contribution in [0.25, 0.3) is 0 Å². The molecule has 0 saturated heterocycles. The van der Waals surface area contributed by atoms with Crippen LogP contribution in [0.15, 0.2) is 12.1 Å². The first kappa shape index (κ1) is 12.9. The van der Waals surface area contributed by atoms with Crippen molar-refractivity contribution in [2.24, 2.45) is 0 Å². The molecule has 0 aliphatic rings. The van der Waals surface area contributed by atoms with E-state index in [-0.39, 0.29) is 24.2 Å². The lowest BCUT2D eigenvalue weighted by Crippen LogP contribution is -2.21.